The number of hydrogen-bond donors (Lipinski definition) is 0. The molecule has 0 bridgehead atoms. The van der Waals surface area contributed by atoms with Crippen LogP contribution in [0.15, 0.2) is 83.8 Å². The second-order valence-corrected chi connectivity index (χ2v) is 10.2. The van der Waals surface area contributed by atoms with E-state index in [0.29, 0.717) is 19.5 Å². The smallest absolute Gasteiger partial charge is 0.309 e. The zero-order valence-corrected chi connectivity index (χ0v) is 19.2. The molecule has 1 aliphatic heterocycles. The first kappa shape index (κ1) is 23.1. The Kier molecular flexibility index (Phi) is 6.91. The van der Waals surface area contributed by atoms with Gasteiger partial charge >= 0.3 is 5.97 Å². The number of ether oxygens (including phenoxy) is 1. The fourth-order valence-corrected chi connectivity index (χ4v) is 5.99. The Bertz CT molecular complexity index is 1210. The van der Waals surface area contributed by atoms with Crippen LogP contribution in [0.2, 0.25) is 0 Å². The first-order valence-corrected chi connectivity index (χ1v) is 12.3. The van der Waals surface area contributed by atoms with Gasteiger partial charge in [0.25, 0.3) is 0 Å². The molecule has 0 spiro atoms. The molecule has 1 fully saturated rings. The summed E-state index contributed by atoms with van der Waals surface area (Å²) in [6.07, 6.45) is 0.807. The zero-order valence-electron chi connectivity index (χ0n) is 18.4. The quantitative estimate of drug-likeness (QED) is 0.501. The molecule has 1 heterocycles. The van der Waals surface area contributed by atoms with Crippen LogP contribution in [0.1, 0.15) is 34.9 Å². The number of sulfonamides is 1. The molecule has 33 heavy (non-hydrogen) atoms. The van der Waals surface area contributed by atoms with Gasteiger partial charge in [0.15, 0.2) is 0 Å². The van der Waals surface area contributed by atoms with Crippen molar-refractivity contribution in [2.75, 3.05) is 20.2 Å². The second-order valence-electron chi connectivity index (χ2n) is 8.23. The molecule has 3 aromatic rings. The lowest BCUT2D eigenvalue weighted by Gasteiger charge is -2.38. The van der Waals surface area contributed by atoms with Gasteiger partial charge in [0, 0.05) is 19.0 Å². The number of esters is 1. The lowest BCUT2D eigenvalue weighted by atomic mass is 9.77. The molecule has 0 amide bonds. The summed E-state index contributed by atoms with van der Waals surface area (Å²) < 4.78 is 46.3. The molecule has 4 rings (SSSR count). The first-order chi connectivity index (χ1) is 15.9. The number of hydrogen-bond acceptors (Lipinski definition) is 4. The largest absolute Gasteiger partial charge is 0.469 e. The lowest BCUT2D eigenvalue weighted by Crippen LogP contribution is -2.42. The fourth-order valence-electron chi connectivity index (χ4n) is 4.51. The summed E-state index contributed by atoms with van der Waals surface area (Å²) in [5.41, 5.74) is 2.95. The average Bonchev–Trinajstić information content (AvgIpc) is 2.84. The van der Waals surface area contributed by atoms with Crippen molar-refractivity contribution >= 4 is 16.0 Å². The van der Waals surface area contributed by atoms with Gasteiger partial charge in [-0.15, -0.1) is 0 Å². The van der Waals surface area contributed by atoms with Gasteiger partial charge in [0.1, 0.15) is 5.82 Å². The van der Waals surface area contributed by atoms with Crippen LogP contribution in [0.3, 0.4) is 0 Å². The van der Waals surface area contributed by atoms with Crippen molar-refractivity contribution in [1.82, 2.24) is 4.31 Å². The van der Waals surface area contributed by atoms with E-state index in [4.69, 9.17) is 4.74 Å². The highest BCUT2D eigenvalue weighted by Crippen LogP contribution is 2.41. The van der Waals surface area contributed by atoms with Crippen molar-refractivity contribution in [2.24, 2.45) is 0 Å². The third-order valence-electron chi connectivity index (χ3n) is 6.21. The van der Waals surface area contributed by atoms with Gasteiger partial charge in [0.2, 0.25) is 10.0 Å². The number of carbonyl (C=O) groups is 1. The highest BCUT2D eigenvalue weighted by Gasteiger charge is 2.37. The predicted molar refractivity (Wildman–Crippen MR) is 124 cm³/mol. The van der Waals surface area contributed by atoms with Crippen LogP contribution in [0.25, 0.3) is 0 Å². The van der Waals surface area contributed by atoms with Crippen molar-refractivity contribution in [3.05, 3.63) is 101 Å². The summed E-state index contributed by atoms with van der Waals surface area (Å²) in [6, 6.07) is 22.7. The molecule has 0 saturated carbocycles. The van der Waals surface area contributed by atoms with Crippen molar-refractivity contribution in [3.8, 4) is 0 Å². The monoisotopic (exact) mass is 467 g/mol. The maximum Gasteiger partial charge on any atom is 0.309 e. The number of nitrogens with zero attached hydrogens (tertiary/aromatic N) is 1. The lowest BCUT2D eigenvalue weighted by molar-refractivity contribution is -0.139. The molecule has 3 aromatic carbocycles. The van der Waals surface area contributed by atoms with Gasteiger partial charge in [-0.2, -0.15) is 4.31 Å². The number of halogens is 1. The molecule has 172 valence electrons. The Hall–Kier alpha value is -3.03. The Labute approximate surface area is 193 Å². The third-order valence-corrected chi connectivity index (χ3v) is 8.09. The molecule has 2 atom stereocenters. The average molecular weight is 468 g/mol. The SMILES string of the molecule is COC(=O)Cc1cccc(C2CN(S(=O)(=O)c3ccc(F)cc3)CCC2c2ccccc2)c1. The van der Waals surface area contributed by atoms with Gasteiger partial charge in [-0.3, -0.25) is 4.79 Å². The van der Waals surface area contributed by atoms with Gasteiger partial charge in [-0.05, 0) is 53.3 Å². The van der Waals surface area contributed by atoms with Crippen molar-refractivity contribution in [3.63, 3.8) is 0 Å². The molecule has 0 N–H and O–H groups in total. The van der Waals surface area contributed by atoms with E-state index in [1.165, 1.54) is 23.5 Å². The molecular formula is C26H26FNO4S. The molecular weight excluding hydrogens is 441 g/mol. The van der Waals surface area contributed by atoms with Crippen molar-refractivity contribution in [2.45, 2.75) is 29.6 Å². The number of piperidine rings is 1. The molecule has 0 aromatic heterocycles. The highest BCUT2D eigenvalue weighted by molar-refractivity contribution is 7.89. The summed E-state index contributed by atoms with van der Waals surface area (Å²) >= 11 is 0. The number of benzene rings is 3. The van der Waals surface area contributed by atoms with Crippen molar-refractivity contribution < 1.29 is 22.3 Å². The summed E-state index contributed by atoms with van der Waals surface area (Å²) in [6.45, 7) is 0.665. The van der Waals surface area contributed by atoms with Gasteiger partial charge in [-0.1, -0.05) is 54.6 Å². The topological polar surface area (TPSA) is 63.7 Å². The number of rotatable bonds is 6. The Morgan fingerprint density at radius 1 is 0.970 bits per heavy atom. The highest BCUT2D eigenvalue weighted by atomic mass is 32.2. The second kappa shape index (κ2) is 9.85. The standard InChI is InChI=1S/C26H26FNO4S/c1-32-26(29)17-19-6-5-9-21(16-19)25-18-28(15-14-24(25)20-7-3-2-4-8-20)33(30,31)23-12-10-22(27)11-13-23/h2-13,16,24-25H,14-15,17-18H2,1H3. The first-order valence-electron chi connectivity index (χ1n) is 10.8. The summed E-state index contributed by atoms with van der Waals surface area (Å²) in [7, 11) is -2.41. The van der Waals surface area contributed by atoms with E-state index < -0.39 is 15.8 Å². The molecule has 0 aliphatic carbocycles. The van der Waals surface area contributed by atoms with E-state index in [1.807, 2.05) is 42.5 Å². The van der Waals surface area contributed by atoms with Crippen LogP contribution in [0.4, 0.5) is 4.39 Å². The van der Waals surface area contributed by atoms with Crippen molar-refractivity contribution in [1.29, 1.82) is 0 Å². The number of carbonyl (C=O) groups excluding carboxylic acids is 1. The molecule has 1 saturated heterocycles. The molecule has 7 heteroatoms. The predicted octanol–water partition coefficient (Wildman–Crippen LogP) is 4.50. The van der Waals surface area contributed by atoms with Gasteiger partial charge in [-0.25, -0.2) is 12.8 Å². The van der Waals surface area contributed by atoms with Crippen LogP contribution in [-0.2, 0) is 26.0 Å². The minimum atomic E-state index is -3.77. The molecule has 1 aliphatic rings. The van der Waals surface area contributed by atoms with E-state index in [2.05, 4.69) is 12.1 Å². The van der Waals surface area contributed by atoms with E-state index in [9.17, 15) is 17.6 Å². The molecule has 5 nitrogen and oxygen atoms in total. The molecule has 2 unspecified atom stereocenters. The van der Waals surface area contributed by atoms with Crippen LogP contribution in [0.5, 0.6) is 0 Å². The maximum atomic E-state index is 13.4. The Morgan fingerprint density at radius 3 is 2.36 bits per heavy atom. The van der Waals surface area contributed by atoms with Crippen LogP contribution in [-0.4, -0.2) is 38.9 Å². The normalized spacial score (nSPS) is 19.2. The summed E-state index contributed by atoms with van der Waals surface area (Å²) in [4.78, 5) is 11.9. The van der Waals surface area contributed by atoms with Crippen LogP contribution >= 0.6 is 0 Å². The molecule has 0 radical (unpaired) electrons. The third kappa shape index (κ3) is 5.15. The minimum absolute atomic E-state index is 0.0836. The van der Waals surface area contributed by atoms with E-state index in [0.717, 1.165) is 28.8 Å². The maximum absolute atomic E-state index is 13.4. The Balaban J connectivity index is 1.69. The van der Waals surface area contributed by atoms with Crippen LogP contribution < -0.4 is 0 Å². The van der Waals surface area contributed by atoms with Crippen LogP contribution in [0, 0.1) is 5.82 Å². The van der Waals surface area contributed by atoms with E-state index >= 15 is 0 Å². The van der Waals surface area contributed by atoms with E-state index in [1.54, 1.807) is 0 Å². The van der Waals surface area contributed by atoms with E-state index in [-0.39, 0.29) is 29.1 Å². The zero-order chi connectivity index (χ0) is 23.4. The Morgan fingerprint density at radius 2 is 1.67 bits per heavy atom. The summed E-state index contributed by atoms with van der Waals surface area (Å²) in [5.74, 6) is -0.777. The van der Waals surface area contributed by atoms with Gasteiger partial charge < -0.3 is 4.74 Å². The van der Waals surface area contributed by atoms with Gasteiger partial charge in [0.05, 0.1) is 18.4 Å². The summed E-state index contributed by atoms with van der Waals surface area (Å²) in [5, 5.41) is 0. The fraction of sp³-hybridized carbons (Fsp3) is 0.269. The minimum Gasteiger partial charge on any atom is -0.469 e. The number of methoxy groups -OCH3 is 1.